The molecule has 1 saturated heterocycles. The number of halogens is 1. The number of carbonyl (C=O) groups excluding carboxylic acids is 1. The van der Waals surface area contributed by atoms with Crippen LogP contribution in [0.4, 0.5) is 4.39 Å². The lowest BCUT2D eigenvalue weighted by Gasteiger charge is -2.33. The summed E-state index contributed by atoms with van der Waals surface area (Å²) in [5.41, 5.74) is 5.51. The first-order chi connectivity index (χ1) is 13.9. The molecule has 1 fully saturated rings. The molecule has 3 N–H and O–H groups in total. The molecule has 0 aliphatic carbocycles. The smallest absolute Gasteiger partial charge is 0.252 e. The third-order valence-electron chi connectivity index (χ3n) is 5.00. The van der Waals surface area contributed by atoms with Crippen molar-refractivity contribution in [2.45, 2.75) is 25.4 Å². The number of nitrogens with two attached hydrogens (primary N) is 1. The molecule has 1 aromatic heterocycles. The highest BCUT2D eigenvalue weighted by molar-refractivity contribution is 7.15. The zero-order valence-corrected chi connectivity index (χ0v) is 16.7. The highest BCUT2D eigenvalue weighted by atomic mass is 32.1. The number of thiazole rings is 1. The van der Waals surface area contributed by atoms with Gasteiger partial charge in [-0.05, 0) is 37.9 Å². The molecule has 2 aromatic rings. The van der Waals surface area contributed by atoms with Crippen LogP contribution in [0, 0.1) is 41.3 Å². The van der Waals surface area contributed by atoms with Gasteiger partial charge in [0.05, 0.1) is 17.7 Å². The Balaban J connectivity index is 1.89. The van der Waals surface area contributed by atoms with E-state index in [4.69, 9.17) is 15.7 Å². The van der Waals surface area contributed by atoms with Gasteiger partial charge < -0.3 is 15.8 Å². The van der Waals surface area contributed by atoms with E-state index >= 15 is 0 Å². The van der Waals surface area contributed by atoms with Gasteiger partial charge in [-0.15, -0.1) is 11.3 Å². The normalized spacial score (nSPS) is 20.3. The Kier molecular flexibility index (Phi) is 6.23. The summed E-state index contributed by atoms with van der Waals surface area (Å²) < 4.78 is 20.5. The second-order valence-electron chi connectivity index (χ2n) is 6.87. The van der Waals surface area contributed by atoms with Crippen molar-refractivity contribution in [3.8, 4) is 22.7 Å². The number of benzene rings is 1. The number of carbonyl (C=O) groups is 1. The number of ether oxygens (including phenoxy) is 1. The van der Waals surface area contributed by atoms with Gasteiger partial charge in [-0.2, -0.15) is 10.5 Å². The Labute approximate surface area is 171 Å². The van der Waals surface area contributed by atoms with E-state index in [1.807, 2.05) is 0 Å². The largest absolute Gasteiger partial charge is 0.367 e. The standard InChI is InChI=1S/C20H20FN5O2S/c1-12-17(10-23)29-18(26-12)14-4-3-13(16(21)8-14)7-15(9-22)20(19(24)27)11-25-5-2-6-28-20/h3-4,8,15,25H,2,5-7,11H2,1H3,(H2,24,27)/t15-,20?/m0/s1. The number of aromatic nitrogens is 1. The third-order valence-corrected chi connectivity index (χ3v) is 6.11. The van der Waals surface area contributed by atoms with E-state index in [9.17, 15) is 14.4 Å². The first-order valence-corrected chi connectivity index (χ1v) is 9.93. The number of nitrogens with one attached hydrogen (secondary N) is 1. The fourth-order valence-corrected chi connectivity index (χ4v) is 4.19. The van der Waals surface area contributed by atoms with Crippen LogP contribution in [0.1, 0.15) is 22.6 Å². The maximum absolute atomic E-state index is 14.8. The highest BCUT2D eigenvalue weighted by Crippen LogP contribution is 2.31. The summed E-state index contributed by atoms with van der Waals surface area (Å²) in [4.78, 5) is 17.0. The first-order valence-electron chi connectivity index (χ1n) is 9.12. The molecule has 0 bridgehead atoms. The van der Waals surface area contributed by atoms with Crippen LogP contribution in [0.25, 0.3) is 10.6 Å². The zero-order valence-electron chi connectivity index (χ0n) is 15.9. The molecule has 29 heavy (non-hydrogen) atoms. The highest BCUT2D eigenvalue weighted by Gasteiger charge is 2.46. The molecule has 1 aliphatic heterocycles. The summed E-state index contributed by atoms with van der Waals surface area (Å²) in [5.74, 6) is -2.20. The van der Waals surface area contributed by atoms with Crippen molar-refractivity contribution >= 4 is 17.2 Å². The molecular weight excluding hydrogens is 393 g/mol. The molecular formula is C20H20FN5O2S. The maximum Gasteiger partial charge on any atom is 0.252 e. The molecule has 0 saturated carbocycles. The molecule has 1 amide bonds. The average molecular weight is 413 g/mol. The predicted molar refractivity (Wildman–Crippen MR) is 105 cm³/mol. The summed E-state index contributed by atoms with van der Waals surface area (Å²) in [6.45, 7) is 2.77. The topological polar surface area (TPSA) is 125 Å². The maximum atomic E-state index is 14.8. The van der Waals surface area contributed by atoms with Gasteiger partial charge in [0.15, 0.2) is 5.60 Å². The third kappa shape index (κ3) is 4.13. The van der Waals surface area contributed by atoms with Crippen LogP contribution in [-0.4, -0.2) is 36.2 Å². The molecule has 3 rings (SSSR count). The van der Waals surface area contributed by atoms with Crippen LogP contribution in [0.5, 0.6) is 0 Å². The Morgan fingerprint density at radius 2 is 2.31 bits per heavy atom. The van der Waals surface area contributed by atoms with E-state index in [-0.39, 0.29) is 18.5 Å². The number of rotatable bonds is 5. The van der Waals surface area contributed by atoms with Gasteiger partial charge in [-0.3, -0.25) is 4.79 Å². The van der Waals surface area contributed by atoms with E-state index in [0.29, 0.717) is 40.7 Å². The fourth-order valence-electron chi connectivity index (χ4n) is 3.33. The number of hydrogen-bond donors (Lipinski definition) is 2. The van der Waals surface area contributed by atoms with Gasteiger partial charge in [0, 0.05) is 18.7 Å². The van der Waals surface area contributed by atoms with Crippen LogP contribution in [0.15, 0.2) is 18.2 Å². The van der Waals surface area contributed by atoms with Crippen molar-refractivity contribution in [1.29, 1.82) is 10.5 Å². The van der Waals surface area contributed by atoms with E-state index < -0.39 is 23.2 Å². The van der Waals surface area contributed by atoms with Crippen molar-refractivity contribution in [1.82, 2.24) is 10.3 Å². The van der Waals surface area contributed by atoms with Crippen molar-refractivity contribution in [2.24, 2.45) is 11.7 Å². The van der Waals surface area contributed by atoms with Crippen molar-refractivity contribution in [2.75, 3.05) is 19.7 Å². The lowest BCUT2D eigenvalue weighted by Crippen LogP contribution is -2.57. The molecule has 2 heterocycles. The van der Waals surface area contributed by atoms with Crippen LogP contribution in [0.2, 0.25) is 0 Å². The number of nitrogens with zero attached hydrogens (tertiary/aromatic N) is 3. The number of nitriles is 2. The van der Waals surface area contributed by atoms with Crippen molar-refractivity contribution in [3.05, 3.63) is 40.2 Å². The van der Waals surface area contributed by atoms with Crippen molar-refractivity contribution < 1.29 is 13.9 Å². The molecule has 9 heteroatoms. The summed E-state index contributed by atoms with van der Waals surface area (Å²) in [6.07, 6.45) is 0.668. The molecule has 7 nitrogen and oxygen atoms in total. The number of aryl methyl sites for hydroxylation is 1. The van der Waals surface area contributed by atoms with E-state index in [1.54, 1.807) is 19.1 Å². The van der Waals surface area contributed by atoms with Gasteiger partial charge in [0.2, 0.25) is 0 Å². The minimum atomic E-state index is -1.51. The van der Waals surface area contributed by atoms with Gasteiger partial charge in [-0.25, -0.2) is 9.37 Å². The van der Waals surface area contributed by atoms with Gasteiger partial charge in [0.25, 0.3) is 5.91 Å². The minimum Gasteiger partial charge on any atom is -0.367 e. The van der Waals surface area contributed by atoms with Crippen LogP contribution >= 0.6 is 11.3 Å². The van der Waals surface area contributed by atoms with Gasteiger partial charge >= 0.3 is 0 Å². The Hall–Kier alpha value is -2.85. The monoisotopic (exact) mass is 413 g/mol. The summed E-state index contributed by atoms with van der Waals surface area (Å²) in [5, 5.41) is 22.4. The number of primary amides is 1. The average Bonchev–Trinajstić information content (AvgIpc) is 2.91. The lowest BCUT2D eigenvalue weighted by atomic mass is 9.82. The number of amides is 1. The predicted octanol–water partition coefficient (Wildman–Crippen LogP) is 2.05. The van der Waals surface area contributed by atoms with E-state index in [2.05, 4.69) is 22.4 Å². The Bertz CT molecular complexity index is 999. The SMILES string of the molecule is Cc1nc(-c2ccc(C[C@@H](C#N)C3(C(N)=O)CNCCCO3)c(F)c2)sc1C#N. The molecule has 1 aromatic carbocycles. The summed E-state index contributed by atoms with van der Waals surface area (Å²) in [7, 11) is 0. The fraction of sp³-hybridized carbons (Fsp3) is 0.400. The first kappa shape index (κ1) is 20.9. The zero-order chi connectivity index (χ0) is 21.0. The van der Waals surface area contributed by atoms with Crippen LogP contribution in [-0.2, 0) is 16.0 Å². The van der Waals surface area contributed by atoms with Crippen molar-refractivity contribution in [3.63, 3.8) is 0 Å². The molecule has 150 valence electrons. The van der Waals surface area contributed by atoms with Crippen LogP contribution < -0.4 is 11.1 Å². The lowest BCUT2D eigenvalue weighted by molar-refractivity contribution is -0.147. The molecule has 0 radical (unpaired) electrons. The van der Waals surface area contributed by atoms with E-state index in [0.717, 1.165) is 0 Å². The van der Waals surface area contributed by atoms with E-state index in [1.165, 1.54) is 17.4 Å². The van der Waals surface area contributed by atoms with Gasteiger partial charge in [0.1, 0.15) is 21.8 Å². The molecule has 1 aliphatic rings. The van der Waals surface area contributed by atoms with Crippen LogP contribution in [0.3, 0.4) is 0 Å². The molecule has 2 atom stereocenters. The second kappa shape index (κ2) is 8.66. The van der Waals surface area contributed by atoms with Gasteiger partial charge in [-0.1, -0.05) is 12.1 Å². The quantitative estimate of drug-likeness (QED) is 0.773. The summed E-state index contributed by atoms with van der Waals surface area (Å²) >= 11 is 1.19. The Morgan fingerprint density at radius 1 is 1.52 bits per heavy atom. The molecule has 1 unspecified atom stereocenters. The second-order valence-corrected chi connectivity index (χ2v) is 7.87. The Morgan fingerprint density at radius 3 is 2.93 bits per heavy atom. The summed E-state index contributed by atoms with van der Waals surface area (Å²) in [6, 6.07) is 8.73. The minimum absolute atomic E-state index is 0.0203. The number of hydrogen-bond acceptors (Lipinski definition) is 7. The molecule has 0 spiro atoms.